The Balaban J connectivity index is 2.11. The van der Waals surface area contributed by atoms with Gasteiger partial charge < -0.3 is 10.2 Å². The van der Waals surface area contributed by atoms with E-state index in [0.29, 0.717) is 17.7 Å². The smallest absolute Gasteiger partial charge is 0.388 e. The summed E-state index contributed by atoms with van der Waals surface area (Å²) in [6, 6.07) is 12.4. The van der Waals surface area contributed by atoms with E-state index in [1.165, 1.54) is 6.07 Å². The maximum Gasteiger partial charge on any atom is 0.421 e. The van der Waals surface area contributed by atoms with Gasteiger partial charge in [-0.05, 0) is 41.5 Å². The summed E-state index contributed by atoms with van der Waals surface area (Å²) < 4.78 is 79.5. The monoisotopic (exact) mass is 475 g/mol. The van der Waals surface area contributed by atoms with Crippen LogP contribution in [0.4, 0.5) is 26.3 Å². The zero-order chi connectivity index (χ0) is 24.0. The number of aliphatic hydroxyl groups excluding tert-OH is 1. The summed E-state index contributed by atoms with van der Waals surface area (Å²) in [4.78, 5) is 0. The third-order valence-corrected chi connectivity index (χ3v) is 5.72. The zero-order valence-electron chi connectivity index (χ0n) is 16.5. The van der Waals surface area contributed by atoms with E-state index in [4.69, 9.17) is 5.26 Å². The number of thioether (sulfide) groups is 1. The van der Waals surface area contributed by atoms with Gasteiger partial charge in [0.05, 0.1) is 23.3 Å². The lowest BCUT2D eigenvalue weighted by atomic mass is 10.0. The van der Waals surface area contributed by atoms with Crippen molar-refractivity contribution in [3.63, 3.8) is 0 Å². The van der Waals surface area contributed by atoms with E-state index >= 15 is 0 Å². The van der Waals surface area contributed by atoms with Gasteiger partial charge in [-0.1, -0.05) is 42.5 Å². The Morgan fingerprint density at radius 2 is 1.69 bits per heavy atom. The Morgan fingerprint density at radius 3 is 2.25 bits per heavy atom. The van der Waals surface area contributed by atoms with Gasteiger partial charge in [0.25, 0.3) is 0 Å². The molecule has 0 fully saturated rings. The van der Waals surface area contributed by atoms with Gasteiger partial charge in [-0.25, -0.2) is 0 Å². The van der Waals surface area contributed by atoms with E-state index in [9.17, 15) is 36.6 Å². The average Bonchev–Trinajstić information content (AvgIpc) is 2.74. The number of nitrogens with zero attached hydrogens (tertiary/aromatic N) is 1. The van der Waals surface area contributed by atoms with Crippen molar-refractivity contribution in [1.82, 2.24) is 0 Å². The predicted molar refractivity (Wildman–Crippen MR) is 110 cm³/mol. The number of alkyl halides is 6. The van der Waals surface area contributed by atoms with Crippen LogP contribution in [0.25, 0.3) is 6.08 Å². The molecule has 2 rings (SSSR count). The topological polar surface area (TPSA) is 64.2 Å². The molecule has 0 aliphatic carbocycles. The van der Waals surface area contributed by atoms with Crippen LogP contribution in [0, 0.1) is 11.3 Å². The van der Waals surface area contributed by atoms with Gasteiger partial charge in [-0.3, -0.25) is 0 Å². The van der Waals surface area contributed by atoms with Crippen LogP contribution in [0.5, 0.6) is 0 Å². The van der Waals surface area contributed by atoms with Crippen LogP contribution in [0.2, 0.25) is 0 Å². The van der Waals surface area contributed by atoms with Gasteiger partial charge in [0.15, 0.2) is 5.60 Å². The highest BCUT2D eigenvalue weighted by molar-refractivity contribution is 7.99. The number of rotatable bonds is 8. The molecule has 0 bridgehead atoms. The molecule has 0 saturated heterocycles. The van der Waals surface area contributed by atoms with E-state index in [1.54, 1.807) is 30.3 Å². The number of aliphatic hydroxyl groups is 2. The molecule has 0 saturated carbocycles. The molecule has 2 unspecified atom stereocenters. The van der Waals surface area contributed by atoms with Gasteiger partial charge in [0.2, 0.25) is 0 Å². The normalized spacial score (nSPS) is 15.3. The molecule has 2 atom stereocenters. The molecule has 3 nitrogen and oxygen atoms in total. The highest BCUT2D eigenvalue weighted by Gasteiger charge is 2.51. The van der Waals surface area contributed by atoms with Crippen LogP contribution in [0.1, 0.15) is 34.8 Å². The van der Waals surface area contributed by atoms with Gasteiger partial charge in [0.1, 0.15) is 0 Å². The molecule has 2 aromatic carbocycles. The Labute approximate surface area is 185 Å². The minimum Gasteiger partial charge on any atom is -0.388 e. The largest absolute Gasteiger partial charge is 0.421 e. The molecule has 32 heavy (non-hydrogen) atoms. The summed E-state index contributed by atoms with van der Waals surface area (Å²) in [5.74, 6) is -0.700. The maximum absolute atomic E-state index is 13.5. The number of hydrogen-bond acceptors (Lipinski definition) is 4. The first-order valence-electron chi connectivity index (χ1n) is 9.28. The molecule has 0 heterocycles. The number of nitriles is 1. The first-order valence-corrected chi connectivity index (χ1v) is 10.4. The summed E-state index contributed by atoms with van der Waals surface area (Å²) in [5.41, 5.74) is -4.86. The molecule has 0 aliphatic rings. The van der Waals surface area contributed by atoms with Crippen LogP contribution >= 0.6 is 11.8 Å². The molecule has 2 N–H and O–H groups in total. The minimum absolute atomic E-state index is 0.109. The van der Waals surface area contributed by atoms with Crippen molar-refractivity contribution in [2.75, 3.05) is 11.5 Å². The lowest BCUT2D eigenvalue weighted by Crippen LogP contribution is -2.45. The molecule has 10 heteroatoms. The van der Waals surface area contributed by atoms with Gasteiger partial charge in [-0.15, -0.1) is 0 Å². The first kappa shape index (κ1) is 25.8. The SMILES string of the molecule is N#Cc1ccc(C=CC(O)(CSCCC(O)c2ccccc2)C(F)(F)F)cc1C(F)(F)F. The Bertz CT molecular complexity index is 969. The number of hydrogen-bond donors (Lipinski definition) is 2. The summed E-state index contributed by atoms with van der Waals surface area (Å²) in [7, 11) is 0. The standard InChI is InChI=1S/C22H19F6NO2S/c23-21(24,25)18-12-15(6-7-17(18)13-29)8-10-20(31,22(26,27)28)14-32-11-9-19(30)16-4-2-1-3-5-16/h1-8,10,12,19,30-31H,9,11,14H2. The summed E-state index contributed by atoms with van der Waals surface area (Å²) in [5, 5.41) is 29.0. The Hall–Kier alpha value is -2.48. The van der Waals surface area contributed by atoms with E-state index in [2.05, 4.69) is 0 Å². The fraction of sp³-hybridized carbons (Fsp3) is 0.318. The first-order chi connectivity index (χ1) is 14.9. The predicted octanol–water partition coefficient (Wildman–Crippen LogP) is 5.74. The second kappa shape index (κ2) is 10.4. The fourth-order valence-corrected chi connectivity index (χ4v) is 3.83. The molecule has 0 amide bonds. The van der Waals surface area contributed by atoms with Crippen molar-refractivity contribution in [3.05, 3.63) is 76.9 Å². The van der Waals surface area contributed by atoms with Gasteiger partial charge in [0, 0.05) is 5.75 Å². The third-order valence-electron chi connectivity index (χ3n) is 4.55. The molecule has 2 aromatic rings. The van der Waals surface area contributed by atoms with Crippen molar-refractivity contribution >= 4 is 17.8 Å². The van der Waals surface area contributed by atoms with Crippen molar-refractivity contribution in [1.29, 1.82) is 5.26 Å². The highest BCUT2D eigenvalue weighted by atomic mass is 32.2. The molecular weight excluding hydrogens is 456 g/mol. The lowest BCUT2D eigenvalue weighted by molar-refractivity contribution is -0.230. The minimum atomic E-state index is -5.08. The van der Waals surface area contributed by atoms with E-state index in [1.807, 2.05) is 0 Å². The summed E-state index contributed by atoms with van der Waals surface area (Å²) >= 11 is 0.754. The average molecular weight is 475 g/mol. The van der Waals surface area contributed by atoms with Crippen LogP contribution in [0.15, 0.2) is 54.6 Å². The van der Waals surface area contributed by atoms with Crippen molar-refractivity contribution in [2.24, 2.45) is 0 Å². The molecular formula is C22H19F6NO2S. The number of benzene rings is 2. The van der Waals surface area contributed by atoms with E-state index in [0.717, 1.165) is 30.0 Å². The maximum atomic E-state index is 13.5. The quantitative estimate of drug-likeness (QED) is 0.378. The van der Waals surface area contributed by atoms with Crippen molar-refractivity contribution < 1.29 is 36.6 Å². The summed E-state index contributed by atoms with van der Waals surface area (Å²) in [6.45, 7) is 0. The highest BCUT2D eigenvalue weighted by Crippen LogP contribution is 2.36. The Morgan fingerprint density at radius 1 is 1.03 bits per heavy atom. The second-order valence-corrected chi connectivity index (χ2v) is 8.04. The Kier molecular flexibility index (Phi) is 8.40. The second-order valence-electron chi connectivity index (χ2n) is 6.94. The molecule has 0 aromatic heterocycles. The van der Waals surface area contributed by atoms with E-state index < -0.39 is 40.9 Å². The van der Waals surface area contributed by atoms with Gasteiger partial charge in [-0.2, -0.15) is 43.4 Å². The van der Waals surface area contributed by atoms with Crippen LogP contribution < -0.4 is 0 Å². The van der Waals surface area contributed by atoms with Crippen LogP contribution in [0.3, 0.4) is 0 Å². The molecule has 172 valence electrons. The van der Waals surface area contributed by atoms with Crippen LogP contribution in [-0.4, -0.2) is 33.5 Å². The zero-order valence-corrected chi connectivity index (χ0v) is 17.3. The third kappa shape index (κ3) is 6.76. The van der Waals surface area contributed by atoms with Crippen molar-refractivity contribution in [3.8, 4) is 6.07 Å². The lowest BCUT2D eigenvalue weighted by Gasteiger charge is -2.27. The molecule has 0 radical (unpaired) electrons. The van der Waals surface area contributed by atoms with Crippen molar-refractivity contribution in [2.45, 2.75) is 30.5 Å². The van der Waals surface area contributed by atoms with Crippen LogP contribution in [-0.2, 0) is 6.18 Å². The van der Waals surface area contributed by atoms with E-state index in [-0.39, 0.29) is 17.7 Å². The van der Waals surface area contributed by atoms with Gasteiger partial charge >= 0.3 is 12.4 Å². The molecule has 0 aliphatic heterocycles. The summed E-state index contributed by atoms with van der Waals surface area (Å²) in [6.07, 6.45) is -9.52. The number of halogens is 6. The fourth-order valence-electron chi connectivity index (χ4n) is 2.72. The molecule has 0 spiro atoms.